The second kappa shape index (κ2) is 3.37. The molecule has 12 heavy (non-hydrogen) atoms. The molecule has 1 aromatic heterocycles. The minimum Gasteiger partial charge on any atom is -0.376 e. The van der Waals surface area contributed by atoms with E-state index < -0.39 is 5.60 Å². The van der Waals surface area contributed by atoms with E-state index in [9.17, 15) is 5.11 Å². The fourth-order valence-corrected chi connectivity index (χ4v) is 0.939. The second-order valence-corrected chi connectivity index (χ2v) is 2.74. The van der Waals surface area contributed by atoms with Crippen LogP contribution in [0.3, 0.4) is 0 Å². The zero-order valence-electron chi connectivity index (χ0n) is 7.15. The zero-order valence-corrected chi connectivity index (χ0v) is 7.15. The molecule has 0 aromatic carbocycles. The predicted molar refractivity (Wildman–Crippen MR) is 44.1 cm³/mol. The van der Waals surface area contributed by atoms with E-state index in [4.69, 9.17) is 0 Å². The molecule has 4 nitrogen and oxygen atoms in total. The van der Waals surface area contributed by atoms with Crippen LogP contribution in [0.4, 0.5) is 0 Å². The monoisotopic (exact) mass is 165 g/mol. The van der Waals surface area contributed by atoms with Crippen molar-refractivity contribution in [1.29, 1.82) is 0 Å². The van der Waals surface area contributed by atoms with Crippen LogP contribution in [0.5, 0.6) is 0 Å². The Morgan fingerprint density at radius 3 is 2.92 bits per heavy atom. The van der Waals surface area contributed by atoms with Crippen molar-refractivity contribution >= 4 is 0 Å². The van der Waals surface area contributed by atoms with E-state index in [1.54, 1.807) is 24.9 Å². The van der Waals surface area contributed by atoms with Crippen LogP contribution >= 0.6 is 0 Å². The minimum absolute atomic E-state index is 0.341. The Morgan fingerprint density at radius 1 is 1.67 bits per heavy atom. The highest BCUT2D eigenvalue weighted by Crippen LogP contribution is 2.03. The largest absolute Gasteiger partial charge is 0.376 e. The van der Waals surface area contributed by atoms with Crippen molar-refractivity contribution in [2.24, 2.45) is 0 Å². The van der Waals surface area contributed by atoms with Gasteiger partial charge < -0.3 is 5.11 Å². The molecule has 0 bridgehead atoms. The molecule has 1 N–H and O–H groups in total. The first-order chi connectivity index (χ1) is 5.64. The summed E-state index contributed by atoms with van der Waals surface area (Å²) in [5.41, 5.74) is -1.03. The van der Waals surface area contributed by atoms with Gasteiger partial charge in [-0.25, -0.2) is 9.67 Å². The van der Waals surface area contributed by atoms with Gasteiger partial charge in [-0.1, -0.05) is 5.92 Å². The summed E-state index contributed by atoms with van der Waals surface area (Å²) in [7, 11) is 0. The molecule has 0 saturated heterocycles. The maximum Gasteiger partial charge on any atom is 0.142 e. The lowest BCUT2D eigenvalue weighted by molar-refractivity contribution is 0.0975. The summed E-state index contributed by atoms with van der Waals surface area (Å²) in [6.45, 7) is 3.68. The summed E-state index contributed by atoms with van der Waals surface area (Å²) in [5, 5.41) is 13.5. The fourth-order valence-electron chi connectivity index (χ4n) is 0.939. The minimum atomic E-state index is -1.03. The average molecular weight is 165 g/mol. The van der Waals surface area contributed by atoms with E-state index >= 15 is 0 Å². The Labute approximate surface area is 71.2 Å². The van der Waals surface area contributed by atoms with Crippen LogP contribution in [-0.4, -0.2) is 25.5 Å². The van der Waals surface area contributed by atoms with Crippen LogP contribution < -0.4 is 0 Å². The van der Waals surface area contributed by atoms with E-state index in [0.717, 1.165) is 0 Å². The van der Waals surface area contributed by atoms with Crippen molar-refractivity contribution in [1.82, 2.24) is 14.8 Å². The highest BCUT2D eigenvalue weighted by atomic mass is 16.3. The third-order valence-electron chi connectivity index (χ3n) is 1.33. The zero-order chi connectivity index (χ0) is 9.03. The van der Waals surface area contributed by atoms with Gasteiger partial charge in [-0.2, -0.15) is 5.10 Å². The van der Waals surface area contributed by atoms with Crippen molar-refractivity contribution in [3.8, 4) is 11.8 Å². The number of hydrogen-bond donors (Lipinski definition) is 1. The molecule has 1 rings (SSSR count). The van der Waals surface area contributed by atoms with Gasteiger partial charge in [-0.15, -0.1) is 5.92 Å². The molecule has 1 heterocycles. The van der Waals surface area contributed by atoms with E-state index in [-0.39, 0.29) is 0 Å². The lowest BCUT2D eigenvalue weighted by Gasteiger charge is -2.15. The SMILES string of the molecule is CC#CC(C)(O)Cn1cncn1. The van der Waals surface area contributed by atoms with Gasteiger partial charge in [-0.05, 0) is 13.8 Å². The molecule has 0 radical (unpaired) electrons. The van der Waals surface area contributed by atoms with Gasteiger partial charge in [0.1, 0.15) is 18.3 Å². The van der Waals surface area contributed by atoms with Gasteiger partial charge in [0.25, 0.3) is 0 Å². The Morgan fingerprint density at radius 2 is 2.42 bits per heavy atom. The van der Waals surface area contributed by atoms with E-state index in [1.165, 1.54) is 6.33 Å². The lowest BCUT2D eigenvalue weighted by Crippen LogP contribution is -2.28. The van der Waals surface area contributed by atoms with Crippen molar-refractivity contribution < 1.29 is 5.11 Å². The van der Waals surface area contributed by atoms with Crippen molar-refractivity contribution in [2.75, 3.05) is 0 Å². The van der Waals surface area contributed by atoms with Gasteiger partial charge in [0, 0.05) is 0 Å². The van der Waals surface area contributed by atoms with Gasteiger partial charge in [0.2, 0.25) is 0 Å². The summed E-state index contributed by atoms with van der Waals surface area (Å²) in [6.07, 6.45) is 2.97. The van der Waals surface area contributed by atoms with Crippen molar-refractivity contribution in [3.63, 3.8) is 0 Å². The highest BCUT2D eigenvalue weighted by molar-refractivity contribution is 5.09. The van der Waals surface area contributed by atoms with Crippen molar-refractivity contribution in [3.05, 3.63) is 12.7 Å². The normalized spacial score (nSPS) is 14.6. The molecule has 64 valence electrons. The van der Waals surface area contributed by atoms with Crippen molar-refractivity contribution in [2.45, 2.75) is 26.0 Å². The smallest absolute Gasteiger partial charge is 0.142 e. The van der Waals surface area contributed by atoms with Gasteiger partial charge in [0.15, 0.2) is 0 Å². The Bertz CT molecular complexity index is 292. The number of hydrogen-bond acceptors (Lipinski definition) is 3. The summed E-state index contributed by atoms with van der Waals surface area (Å²) in [5.74, 6) is 5.34. The third-order valence-corrected chi connectivity index (χ3v) is 1.33. The topological polar surface area (TPSA) is 50.9 Å². The maximum atomic E-state index is 9.62. The van der Waals surface area contributed by atoms with Gasteiger partial charge in [0.05, 0.1) is 6.54 Å². The fraction of sp³-hybridized carbons (Fsp3) is 0.500. The number of nitrogens with zero attached hydrogens (tertiary/aromatic N) is 3. The first-order valence-corrected chi connectivity index (χ1v) is 3.63. The Kier molecular flexibility index (Phi) is 2.46. The molecule has 0 spiro atoms. The lowest BCUT2D eigenvalue weighted by atomic mass is 10.1. The molecule has 1 atom stereocenters. The van der Waals surface area contributed by atoms with E-state index in [0.29, 0.717) is 6.54 Å². The van der Waals surface area contributed by atoms with Gasteiger partial charge in [-0.3, -0.25) is 0 Å². The van der Waals surface area contributed by atoms with Crippen LogP contribution in [0.1, 0.15) is 13.8 Å². The number of rotatable bonds is 2. The summed E-state index contributed by atoms with van der Waals surface area (Å²) < 4.78 is 1.55. The first-order valence-electron chi connectivity index (χ1n) is 3.63. The number of aromatic nitrogens is 3. The Balaban J connectivity index is 2.66. The molecule has 1 unspecified atom stereocenters. The molecule has 0 aliphatic heterocycles. The number of aliphatic hydroxyl groups is 1. The molecule has 0 fully saturated rings. The molecule has 0 aliphatic carbocycles. The van der Waals surface area contributed by atoms with Crippen LogP contribution in [0.15, 0.2) is 12.7 Å². The summed E-state index contributed by atoms with van der Waals surface area (Å²) in [6, 6.07) is 0. The maximum absolute atomic E-state index is 9.62. The molecule has 1 aromatic rings. The molecule has 4 heteroatoms. The molecule has 0 aliphatic rings. The highest BCUT2D eigenvalue weighted by Gasteiger charge is 2.17. The van der Waals surface area contributed by atoms with Crippen LogP contribution in [-0.2, 0) is 6.54 Å². The Hall–Kier alpha value is -1.34. The van der Waals surface area contributed by atoms with Gasteiger partial charge >= 0.3 is 0 Å². The average Bonchev–Trinajstić information content (AvgIpc) is 2.38. The van der Waals surface area contributed by atoms with Crippen LogP contribution in [0.2, 0.25) is 0 Å². The summed E-state index contributed by atoms with van der Waals surface area (Å²) in [4.78, 5) is 3.76. The molecular formula is C8H11N3O. The van der Waals surface area contributed by atoms with E-state index in [1.807, 2.05) is 0 Å². The molecule has 0 amide bonds. The predicted octanol–water partition coefficient (Wildman–Crippen LogP) is 0.0524. The third kappa shape index (κ3) is 2.36. The van der Waals surface area contributed by atoms with Crippen LogP contribution in [0.25, 0.3) is 0 Å². The van der Waals surface area contributed by atoms with E-state index in [2.05, 4.69) is 21.9 Å². The quantitative estimate of drug-likeness (QED) is 0.630. The second-order valence-electron chi connectivity index (χ2n) is 2.74. The molecule has 0 saturated carbocycles. The standard InChI is InChI=1S/C8H11N3O/c1-3-4-8(2,12)5-11-7-9-6-10-11/h6-7,12H,5H2,1-2H3. The first kappa shape index (κ1) is 8.75. The van der Waals surface area contributed by atoms with Crippen LogP contribution in [0, 0.1) is 11.8 Å². The summed E-state index contributed by atoms with van der Waals surface area (Å²) >= 11 is 0. The molecular weight excluding hydrogens is 154 g/mol.